The van der Waals surface area contributed by atoms with E-state index >= 15 is 0 Å². The third kappa shape index (κ3) is 3.51. The molecule has 0 fully saturated rings. The van der Waals surface area contributed by atoms with Crippen molar-refractivity contribution in [2.24, 2.45) is 0 Å². The number of nitrogens with one attached hydrogen (secondary N) is 1. The molecule has 1 aromatic carbocycles. The number of hydrogen-bond donors (Lipinski definition) is 1. The number of benzene rings is 1. The van der Waals surface area contributed by atoms with Gasteiger partial charge in [0.25, 0.3) is 0 Å². The molecule has 1 N–H and O–H groups in total. The second-order valence-electron chi connectivity index (χ2n) is 4.71. The van der Waals surface area contributed by atoms with Crippen LogP contribution in [0.1, 0.15) is 29.8 Å². The van der Waals surface area contributed by atoms with Gasteiger partial charge in [0, 0.05) is 17.9 Å². The minimum absolute atomic E-state index is 0.185. The lowest BCUT2D eigenvalue weighted by atomic mass is 9.98. The smallest absolute Gasteiger partial charge is 0.0624 e. The second-order valence-corrected chi connectivity index (χ2v) is 5.49. The zero-order valence-electron chi connectivity index (χ0n) is 11.7. The van der Waals surface area contributed by atoms with Crippen LogP contribution in [0.4, 0.5) is 0 Å². The van der Waals surface area contributed by atoms with E-state index in [0.29, 0.717) is 10.0 Å². The van der Waals surface area contributed by atoms with Crippen LogP contribution in [-0.4, -0.2) is 11.5 Å². The minimum Gasteiger partial charge on any atom is -0.310 e. The first-order valence-electron chi connectivity index (χ1n) is 6.71. The summed E-state index contributed by atoms with van der Waals surface area (Å²) in [5.74, 6) is 0. The molecule has 1 unspecified atom stereocenters. The monoisotopic (exact) mass is 308 g/mol. The van der Waals surface area contributed by atoms with Crippen LogP contribution in [0.5, 0.6) is 0 Å². The van der Waals surface area contributed by atoms with Crippen LogP contribution in [0.3, 0.4) is 0 Å². The van der Waals surface area contributed by atoms with Crippen LogP contribution in [0.15, 0.2) is 36.5 Å². The average molecular weight is 309 g/mol. The lowest BCUT2D eigenvalue weighted by Gasteiger charge is -2.20. The molecule has 0 aliphatic carbocycles. The van der Waals surface area contributed by atoms with Crippen molar-refractivity contribution in [1.29, 1.82) is 0 Å². The van der Waals surface area contributed by atoms with Crippen molar-refractivity contribution in [1.82, 2.24) is 10.3 Å². The number of aromatic nitrogens is 1. The van der Waals surface area contributed by atoms with E-state index in [-0.39, 0.29) is 6.04 Å². The van der Waals surface area contributed by atoms with Gasteiger partial charge in [0.05, 0.1) is 10.0 Å². The molecule has 2 rings (SSSR count). The topological polar surface area (TPSA) is 24.9 Å². The normalized spacial score (nSPS) is 12.4. The van der Waals surface area contributed by atoms with Crippen molar-refractivity contribution in [3.63, 3.8) is 0 Å². The fourth-order valence-corrected chi connectivity index (χ4v) is 2.73. The van der Waals surface area contributed by atoms with E-state index in [0.717, 1.165) is 24.2 Å². The standard InChI is InChI=1S/C16H18Cl2N2/c1-3-19-15(13-7-5-9-20-11(13)2)10-12-6-4-8-14(17)16(12)18/h4-9,15,19H,3,10H2,1-2H3. The van der Waals surface area contributed by atoms with Gasteiger partial charge >= 0.3 is 0 Å². The predicted molar refractivity (Wildman–Crippen MR) is 85.6 cm³/mol. The molecule has 1 aromatic heterocycles. The molecule has 2 aromatic rings. The summed E-state index contributed by atoms with van der Waals surface area (Å²) in [7, 11) is 0. The van der Waals surface area contributed by atoms with Crippen LogP contribution < -0.4 is 5.32 Å². The fraction of sp³-hybridized carbons (Fsp3) is 0.312. The molecule has 0 saturated heterocycles. The van der Waals surface area contributed by atoms with Gasteiger partial charge in [0.15, 0.2) is 0 Å². The maximum Gasteiger partial charge on any atom is 0.0624 e. The van der Waals surface area contributed by atoms with E-state index < -0.39 is 0 Å². The first-order valence-corrected chi connectivity index (χ1v) is 7.46. The van der Waals surface area contributed by atoms with Crippen LogP contribution in [0.2, 0.25) is 10.0 Å². The Kier molecular flexibility index (Phi) is 5.41. The number of likely N-dealkylation sites (N-methyl/N-ethyl adjacent to an activating group) is 1. The summed E-state index contributed by atoms with van der Waals surface area (Å²) >= 11 is 12.4. The van der Waals surface area contributed by atoms with Gasteiger partial charge in [0.1, 0.15) is 0 Å². The number of hydrogen-bond acceptors (Lipinski definition) is 2. The molecular weight excluding hydrogens is 291 g/mol. The maximum atomic E-state index is 6.29. The number of halogens is 2. The van der Waals surface area contributed by atoms with E-state index in [9.17, 15) is 0 Å². The number of nitrogens with zero attached hydrogens (tertiary/aromatic N) is 1. The molecule has 1 heterocycles. The Labute approximate surface area is 130 Å². The Morgan fingerprint density at radius 1 is 1.20 bits per heavy atom. The van der Waals surface area contributed by atoms with Crippen molar-refractivity contribution in [3.8, 4) is 0 Å². The molecule has 0 aliphatic rings. The first-order chi connectivity index (χ1) is 9.63. The van der Waals surface area contributed by atoms with Crippen LogP contribution in [-0.2, 0) is 6.42 Å². The molecular formula is C16H18Cl2N2. The molecule has 0 aliphatic heterocycles. The molecule has 0 saturated carbocycles. The zero-order valence-corrected chi connectivity index (χ0v) is 13.2. The Morgan fingerprint density at radius 3 is 2.70 bits per heavy atom. The Bertz CT molecular complexity index is 584. The highest BCUT2D eigenvalue weighted by molar-refractivity contribution is 6.42. The Hall–Kier alpha value is -1.09. The van der Waals surface area contributed by atoms with Crippen molar-refractivity contribution in [2.75, 3.05) is 6.54 Å². The summed E-state index contributed by atoms with van der Waals surface area (Å²) in [6.07, 6.45) is 2.61. The fourth-order valence-electron chi connectivity index (χ4n) is 2.33. The number of rotatable bonds is 5. The highest BCUT2D eigenvalue weighted by Crippen LogP contribution is 2.29. The Balaban J connectivity index is 2.31. The molecule has 0 spiro atoms. The molecule has 106 valence electrons. The zero-order chi connectivity index (χ0) is 14.5. The van der Waals surface area contributed by atoms with Crippen LogP contribution >= 0.6 is 23.2 Å². The van der Waals surface area contributed by atoms with Crippen molar-refractivity contribution < 1.29 is 0 Å². The highest BCUT2D eigenvalue weighted by Gasteiger charge is 2.16. The van der Waals surface area contributed by atoms with Crippen molar-refractivity contribution in [3.05, 3.63) is 63.4 Å². The van der Waals surface area contributed by atoms with Gasteiger partial charge in [-0.2, -0.15) is 0 Å². The number of aryl methyl sites for hydroxylation is 1. The van der Waals surface area contributed by atoms with E-state index in [1.54, 1.807) is 0 Å². The van der Waals surface area contributed by atoms with Gasteiger partial charge in [-0.3, -0.25) is 4.98 Å². The molecule has 0 bridgehead atoms. The maximum absolute atomic E-state index is 6.29. The molecule has 1 atom stereocenters. The van der Waals surface area contributed by atoms with Gasteiger partial charge in [0.2, 0.25) is 0 Å². The average Bonchev–Trinajstić information content (AvgIpc) is 2.44. The van der Waals surface area contributed by atoms with Gasteiger partial charge in [-0.1, -0.05) is 48.3 Å². The van der Waals surface area contributed by atoms with Crippen molar-refractivity contribution >= 4 is 23.2 Å². The van der Waals surface area contributed by atoms with E-state index in [1.165, 1.54) is 5.56 Å². The number of pyridine rings is 1. The molecule has 0 radical (unpaired) electrons. The minimum atomic E-state index is 0.185. The summed E-state index contributed by atoms with van der Waals surface area (Å²) in [4.78, 5) is 4.36. The summed E-state index contributed by atoms with van der Waals surface area (Å²) < 4.78 is 0. The lowest BCUT2D eigenvalue weighted by Crippen LogP contribution is -2.24. The lowest BCUT2D eigenvalue weighted by molar-refractivity contribution is 0.545. The largest absolute Gasteiger partial charge is 0.310 e. The second kappa shape index (κ2) is 7.07. The summed E-state index contributed by atoms with van der Waals surface area (Å²) in [6.45, 7) is 5.01. The summed E-state index contributed by atoms with van der Waals surface area (Å²) in [5.41, 5.74) is 3.29. The third-order valence-electron chi connectivity index (χ3n) is 3.33. The SMILES string of the molecule is CCNC(Cc1cccc(Cl)c1Cl)c1cccnc1C. The van der Waals surface area contributed by atoms with E-state index in [1.807, 2.05) is 37.4 Å². The highest BCUT2D eigenvalue weighted by atomic mass is 35.5. The van der Waals surface area contributed by atoms with Crippen LogP contribution in [0.25, 0.3) is 0 Å². The third-order valence-corrected chi connectivity index (χ3v) is 4.19. The van der Waals surface area contributed by atoms with E-state index in [2.05, 4.69) is 23.3 Å². The summed E-state index contributed by atoms with van der Waals surface area (Å²) in [5, 5.41) is 4.73. The van der Waals surface area contributed by atoms with E-state index in [4.69, 9.17) is 23.2 Å². The molecule has 20 heavy (non-hydrogen) atoms. The molecule has 0 amide bonds. The molecule has 4 heteroatoms. The van der Waals surface area contributed by atoms with Gasteiger partial charge in [-0.25, -0.2) is 0 Å². The van der Waals surface area contributed by atoms with Gasteiger partial charge in [-0.05, 0) is 43.1 Å². The van der Waals surface area contributed by atoms with Gasteiger partial charge < -0.3 is 5.32 Å². The molecule has 2 nitrogen and oxygen atoms in total. The quantitative estimate of drug-likeness (QED) is 0.874. The van der Waals surface area contributed by atoms with Crippen molar-refractivity contribution in [2.45, 2.75) is 26.3 Å². The first kappa shape index (κ1) is 15.3. The van der Waals surface area contributed by atoms with Crippen LogP contribution in [0, 0.1) is 6.92 Å². The van der Waals surface area contributed by atoms with Gasteiger partial charge in [-0.15, -0.1) is 0 Å². The summed E-state index contributed by atoms with van der Waals surface area (Å²) in [6, 6.07) is 10.0. The predicted octanol–water partition coefficient (Wildman–Crippen LogP) is 4.59. The Morgan fingerprint density at radius 2 is 2.00 bits per heavy atom.